The van der Waals surface area contributed by atoms with E-state index < -0.39 is 12.1 Å². The zero-order valence-electron chi connectivity index (χ0n) is 12.6. The average molecular weight is 320 g/mol. The average Bonchev–Trinajstić information content (AvgIpc) is 3.14. The van der Waals surface area contributed by atoms with Gasteiger partial charge in [0.25, 0.3) is 0 Å². The molecular formula is C14H20N6O3. The molecule has 2 saturated heterocycles. The highest BCUT2D eigenvalue weighted by atomic mass is 16.2. The van der Waals surface area contributed by atoms with Crippen molar-refractivity contribution in [2.45, 2.75) is 43.9 Å². The molecule has 3 atom stereocenters. The number of nitrogens with two attached hydrogens (primary N) is 1. The lowest BCUT2D eigenvalue weighted by Crippen LogP contribution is -2.61. The highest BCUT2D eigenvalue weighted by molar-refractivity contribution is 5.99. The molecule has 3 rings (SSSR count). The van der Waals surface area contributed by atoms with Gasteiger partial charge in [-0.25, -0.2) is 4.98 Å². The van der Waals surface area contributed by atoms with E-state index in [0.717, 1.165) is 18.5 Å². The molecule has 9 heteroatoms. The number of hydrogen-bond donors (Lipinski definition) is 4. The highest BCUT2D eigenvalue weighted by Crippen LogP contribution is 2.16. The van der Waals surface area contributed by atoms with Gasteiger partial charge in [0.15, 0.2) is 0 Å². The number of rotatable bonds is 5. The number of carbonyl (C=O) groups excluding carboxylic acids is 3. The van der Waals surface area contributed by atoms with Crippen molar-refractivity contribution in [3.8, 4) is 0 Å². The molecule has 23 heavy (non-hydrogen) atoms. The molecule has 1 aromatic rings. The van der Waals surface area contributed by atoms with E-state index in [0.29, 0.717) is 13.0 Å². The van der Waals surface area contributed by atoms with Gasteiger partial charge in [0, 0.05) is 24.9 Å². The summed E-state index contributed by atoms with van der Waals surface area (Å²) in [5.41, 5.74) is 6.70. The summed E-state index contributed by atoms with van der Waals surface area (Å²) in [6.45, 7) is 0.593. The fourth-order valence-electron chi connectivity index (χ4n) is 2.87. The summed E-state index contributed by atoms with van der Waals surface area (Å²) in [5, 5.41) is 5.23. The molecule has 0 bridgehead atoms. The molecule has 0 saturated carbocycles. The molecule has 2 fully saturated rings. The highest BCUT2D eigenvalue weighted by Gasteiger charge is 2.36. The predicted molar refractivity (Wildman–Crippen MR) is 79.7 cm³/mol. The number of H-pyrrole nitrogens is 1. The van der Waals surface area contributed by atoms with E-state index in [1.165, 1.54) is 6.33 Å². The van der Waals surface area contributed by atoms with Crippen molar-refractivity contribution in [2.75, 3.05) is 6.54 Å². The van der Waals surface area contributed by atoms with Gasteiger partial charge in [-0.2, -0.15) is 0 Å². The predicted octanol–water partition coefficient (Wildman–Crippen LogP) is -1.77. The van der Waals surface area contributed by atoms with Crippen LogP contribution in [-0.2, 0) is 20.8 Å². The van der Waals surface area contributed by atoms with Crippen LogP contribution in [0.5, 0.6) is 0 Å². The molecule has 2 aliphatic heterocycles. The smallest absolute Gasteiger partial charge is 0.246 e. The Morgan fingerprint density at radius 2 is 2.30 bits per heavy atom. The van der Waals surface area contributed by atoms with Crippen molar-refractivity contribution in [1.82, 2.24) is 25.5 Å². The largest absolute Gasteiger partial charge is 0.348 e. The number of nitrogens with zero attached hydrogens (tertiary/aromatic N) is 2. The Hall–Kier alpha value is -2.42. The Kier molecular flexibility index (Phi) is 4.28. The minimum absolute atomic E-state index is 0.153. The molecular weight excluding hydrogens is 300 g/mol. The monoisotopic (exact) mass is 320 g/mol. The Morgan fingerprint density at radius 3 is 2.87 bits per heavy atom. The van der Waals surface area contributed by atoms with Crippen LogP contribution < -0.4 is 16.4 Å². The summed E-state index contributed by atoms with van der Waals surface area (Å²) >= 11 is 0. The molecule has 2 aliphatic rings. The van der Waals surface area contributed by atoms with E-state index in [4.69, 9.17) is 5.73 Å². The molecule has 3 unspecified atom stereocenters. The van der Waals surface area contributed by atoms with Crippen molar-refractivity contribution in [3.63, 3.8) is 0 Å². The first-order chi connectivity index (χ1) is 11.0. The molecule has 0 radical (unpaired) electrons. The summed E-state index contributed by atoms with van der Waals surface area (Å²) in [5.74, 6) is -0.720. The zero-order valence-corrected chi connectivity index (χ0v) is 12.6. The Balaban J connectivity index is 1.69. The number of likely N-dealkylation sites (tertiary alicyclic amines) is 1. The van der Waals surface area contributed by atoms with Gasteiger partial charge in [0.2, 0.25) is 17.7 Å². The van der Waals surface area contributed by atoms with Gasteiger partial charge in [-0.3, -0.25) is 14.4 Å². The Bertz CT molecular complexity index is 594. The van der Waals surface area contributed by atoms with Gasteiger partial charge in [0.05, 0.1) is 18.9 Å². The normalized spacial score (nSPS) is 24.7. The minimum atomic E-state index is -0.732. The van der Waals surface area contributed by atoms with Gasteiger partial charge in [-0.15, -0.1) is 0 Å². The van der Waals surface area contributed by atoms with Crippen molar-refractivity contribution in [2.24, 2.45) is 5.73 Å². The van der Waals surface area contributed by atoms with Crippen molar-refractivity contribution in [3.05, 3.63) is 18.2 Å². The number of aromatic nitrogens is 2. The van der Waals surface area contributed by atoms with E-state index >= 15 is 0 Å². The van der Waals surface area contributed by atoms with Crippen molar-refractivity contribution < 1.29 is 14.4 Å². The van der Waals surface area contributed by atoms with E-state index in [-0.39, 0.29) is 30.3 Å². The van der Waals surface area contributed by atoms with Crippen LogP contribution in [0.3, 0.4) is 0 Å². The van der Waals surface area contributed by atoms with Crippen LogP contribution >= 0.6 is 0 Å². The van der Waals surface area contributed by atoms with Gasteiger partial charge >= 0.3 is 0 Å². The first kappa shape index (κ1) is 15.5. The Labute approximate surface area is 133 Å². The maximum absolute atomic E-state index is 12.7. The molecule has 1 aromatic heterocycles. The molecule has 0 aliphatic carbocycles. The molecule has 5 N–H and O–H groups in total. The summed E-state index contributed by atoms with van der Waals surface area (Å²) < 4.78 is 0. The molecule has 0 spiro atoms. The zero-order chi connectivity index (χ0) is 16.4. The third-order valence-corrected chi connectivity index (χ3v) is 4.22. The van der Waals surface area contributed by atoms with E-state index in [1.807, 2.05) is 0 Å². The van der Waals surface area contributed by atoms with Gasteiger partial charge in [-0.1, -0.05) is 0 Å². The molecule has 124 valence electrons. The molecule has 9 nitrogen and oxygen atoms in total. The van der Waals surface area contributed by atoms with E-state index in [9.17, 15) is 14.4 Å². The third kappa shape index (κ3) is 3.34. The van der Waals surface area contributed by atoms with Gasteiger partial charge in [0.1, 0.15) is 12.1 Å². The number of carbonyl (C=O) groups is 3. The van der Waals surface area contributed by atoms with Crippen molar-refractivity contribution in [1.29, 1.82) is 0 Å². The van der Waals surface area contributed by atoms with Gasteiger partial charge < -0.3 is 26.3 Å². The standard InChI is InChI=1S/C14H20N6O3/c15-11-2-1-3-20(11)14(23)10(4-8-6-16-7-17-8)19-13(22)9-5-12(21)18-9/h6-7,9-11H,1-5,15H2,(H,16,17)(H,18,21)(H,19,22). The number of hydrogen-bond acceptors (Lipinski definition) is 5. The molecule has 3 amide bonds. The summed E-state index contributed by atoms with van der Waals surface area (Å²) in [6.07, 6.45) is 4.89. The second kappa shape index (κ2) is 6.37. The second-order valence-corrected chi connectivity index (χ2v) is 5.91. The summed E-state index contributed by atoms with van der Waals surface area (Å²) in [6, 6.07) is -1.29. The maximum atomic E-state index is 12.7. The van der Waals surface area contributed by atoms with Gasteiger partial charge in [-0.05, 0) is 12.8 Å². The van der Waals surface area contributed by atoms with Crippen LogP contribution in [-0.4, -0.2) is 57.4 Å². The second-order valence-electron chi connectivity index (χ2n) is 5.91. The topological polar surface area (TPSA) is 133 Å². The third-order valence-electron chi connectivity index (χ3n) is 4.22. The Morgan fingerprint density at radius 1 is 1.52 bits per heavy atom. The number of amides is 3. The van der Waals surface area contributed by atoms with E-state index in [2.05, 4.69) is 20.6 Å². The maximum Gasteiger partial charge on any atom is 0.246 e. The molecule has 0 aromatic carbocycles. The minimum Gasteiger partial charge on any atom is -0.348 e. The number of imidazole rings is 1. The van der Waals surface area contributed by atoms with Crippen LogP contribution in [0.2, 0.25) is 0 Å². The number of β-lactam (4-membered cyclic amide) rings is 1. The van der Waals surface area contributed by atoms with E-state index in [1.54, 1.807) is 11.1 Å². The molecule has 3 heterocycles. The van der Waals surface area contributed by atoms with Crippen LogP contribution in [0, 0.1) is 0 Å². The summed E-state index contributed by atoms with van der Waals surface area (Å²) in [4.78, 5) is 44.3. The lowest BCUT2D eigenvalue weighted by atomic mass is 10.0. The quantitative estimate of drug-likeness (QED) is 0.477. The van der Waals surface area contributed by atoms with Crippen LogP contribution in [0.4, 0.5) is 0 Å². The number of nitrogens with one attached hydrogen (secondary N) is 3. The lowest BCUT2D eigenvalue weighted by Gasteiger charge is -2.30. The first-order valence-corrected chi connectivity index (χ1v) is 7.67. The summed E-state index contributed by atoms with van der Waals surface area (Å²) in [7, 11) is 0. The van der Waals surface area contributed by atoms with Crippen LogP contribution in [0.15, 0.2) is 12.5 Å². The lowest BCUT2D eigenvalue weighted by molar-refractivity contribution is -0.140. The fraction of sp³-hybridized carbons (Fsp3) is 0.571. The fourth-order valence-corrected chi connectivity index (χ4v) is 2.87. The SMILES string of the molecule is NC1CCCN1C(=O)C(Cc1cnc[nH]1)NC(=O)C1CC(=O)N1. The first-order valence-electron chi connectivity index (χ1n) is 7.67. The van der Waals surface area contributed by atoms with Crippen LogP contribution in [0.1, 0.15) is 25.0 Å². The number of aromatic amines is 1. The van der Waals surface area contributed by atoms with Crippen LogP contribution in [0.25, 0.3) is 0 Å². The van der Waals surface area contributed by atoms with Crippen molar-refractivity contribution >= 4 is 17.7 Å².